The number of hydrogen-bond donors (Lipinski definition) is 0. The van der Waals surface area contributed by atoms with E-state index in [0.717, 1.165) is 11.8 Å². The number of likely N-dealkylation sites (N-methyl/N-ethyl adjacent to an activating group) is 1. The largest absolute Gasteiger partial charge is 0.337 e. The Balaban J connectivity index is 1.55. The number of likely N-dealkylation sites (tertiary alicyclic amines) is 1. The van der Waals surface area contributed by atoms with E-state index in [2.05, 4.69) is 4.98 Å². The number of pyridine rings is 1. The van der Waals surface area contributed by atoms with Crippen molar-refractivity contribution >= 4 is 17.8 Å². The Morgan fingerprint density at radius 2 is 1.80 bits per heavy atom. The van der Waals surface area contributed by atoms with Gasteiger partial charge < -0.3 is 9.80 Å². The number of halogens is 1. The van der Waals surface area contributed by atoms with Crippen molar-refractivity contribution in [3.63, 3.8) is 0 Å². The molecule has 4 rings (SSSR count). The molecule has 8 heteroatoms. The second-order valence-corrected chi connectivity index (χ2v) is 7.59. The third-order valence-electron chi connectivity index (χ3n) is 5.95. The molecule has 30 heavy (non-hydrogen) atoms. The summed E-state index contributed by atoms with van der Waals surface area (Å²) in [6.07, 6.45) is 1.72. The van der Waals surface area contributed by atoms with Gasteiger partial charge in [-0.2, -0.15) is 0 Å². The molecule has 0 atom stereocenters. The highest BCUT2D eigenvalue weighted by Gasteiger charge is 2.57. The van der Waals surface area contributed by atoms with Crippen LogP contribution in [0, 0.1) is 5.82 Å². The summed E-state index contributed by atoms with van der Waals surface area (Å²) in [5.41, 5.74) is 0.165. The lowest BCUT2D eigenvalue weighted by Crippen LogP contribution is -2.57. The number of benzene rings is 1. The van der Waals surface area contributed by atoms with Gasteiger partial charge in [0.1, 0.15) is 17.1 Å². The summed E-state index contributed by atoms with van der Waals surface area (Å²) in [7, 11) is 0. The van der Waals surface area contributed by atoms with Crippen LogP contribution in [0.15, 0.2) is 48.7 Å². The molecule has 156 valence electrons. The Kier molecular flexibility index (Phi) is 5.24. The standard InChI is InChI=1S/C22H23FN4O3/c1-2-26-20(29)22(27(21(26)30)15-16-6-4-3-5-7-16)10-12-25(13-11-22)19(28)18-9-8-17(23)14-24-18/h3-9,14H,2,10-13,15H2,1H3. The highest BCUT2D eigenvalue weighted by Crippen LogP contribution is 2.38. The third kappa shape index (κ3) is 3.32. The fourth-order valence-electron chi connectivity index (χ4n) is 4.27. The maximum Gasteiger partial charge on any atom is 0.327 e. The molecule has 2 aliphatic rings. The van der Waals surface area contributed by atoms with Crippen molar-refractivity contribution < 1.29 is 18.8 Å². The van der Waals surface area contributed by atoms with Gasteiger partial charge in [0.2, 0.25) is 0 Å². The number of nitrogens with zero attached hydrogens (tertiary/aromatic N) is 4. The van der Waals surface area contributed by atoms with Crippen LogP contribution in [0.4, 0.5) is 9.18 Å². The van der Waals surface area contributed by atoms with Crippen molar-refractivity contribution in [2.75, 3.05) is 19.6 Å². The molecule has 0 bridgehead atoms. The van der Waals surface area contributed by atoms with Gasteiger partial charge in [-0.25, -0.2) is 14.2 Å². The Bertz CT molecular complexity index is 956. The molecule has 0 aliphatic carbocycles. The Morgan fingerprint density at radius 3 is 2.40 bits per heavy atom. The SMILES string of the molecule is CCN1C(=O)N(Cc2ccccc2)C2(CCN(C(=O)c3ccc(F)cn3)CC2)C1=O. The first kappa shape index (κ1) is 20.0. The lowest BCUT2D eigenvalue weighted by atomic mass is 9.85. The van der Waals surface area contributed by atoms with Crippen LogP contribution in [0.3, 0.4) is 0 Å². The summed E-state index contributed by atoms with van der Waals surface area (Å²) in [4.78, 5) is 47.4. The lowest BCUT2D eigenvalue weighted by molar-refractivity contribution is -0.135. The van der Waals surface area contributed by atoms with Gasteiger partial charge in [0.25, 0.3) is 11.8 Å². The number of carbonyl (C=O) groups excluding carboxylic acids is 3. The summed E-state index contributed by atoms with van der Waals surface area (Å²) < 4.78 is 13.1. The van der Waals surface area contributed by atoms with Crippen molar-refractivity contribution in [2.24, 2.45) is 0 Å². The molecule has 0 radical (unpaired) electrons. The molecule has 0 unspecified atom stereocenters. The minimum atomic E-state index is -0.948. The van der Waals surface area contributed by atoms with Crippen LogP contribution >= 0.6 is 0 Å². The minimum absolute atomic E-state index is 0.164. The predicted octanol–water partition coefficient (Wildman–Crippen LogP) is 2.68. The summed E-state index contributed by atoms with van der Waals surface area (Å²) in [6, 6.07) is 11.8. The first-order valence-corrected chi connectivity index (χ1v) is 10.0. The molecule has 0 N–H and O–H groups in total. The molecule has 0 saturated carbocycles. The number of aromatic nitrogens is 1. The van der Waals surface area contributed by atoms with Crippen LogP contribution in [0.2, 0.25) is 0 Å². The second kappa shape index (κ2) is 7.85. The lowest BCUT2D eigenvalue weighted by Gasteiger charge is -2.42. The van der Waals surface area contributed by atoms with Crippen molar-refractivity contribution in [1.82, 2.24) is 19.7 Å². The molecule has 2 fully saturated rings. The molecule has 7 nitrogen and oxygen atoms in total. The van der Waals surface area contributed by atoms with Crippen LogP contribution in [0.25, 0.3) is 0 Å². The van der Waals surface area contributed by atoms with Gasteiger partial charge in [0.15, 0.2) is 0 Å². The van der Waals surface area contributed by atoms with E-state index in [1.54, 1.807) is 16.7 Å². The molecule has 2 aromatic rings. The predicted molar refractivity (Wildman–Crippen MR) is 107 cm³/mol. The average molecular weight is 410 g/mol. The van der Waals surface area contributed by atoms with Gasteiger partial charge in [-0.3, -0.25) is 14.5 Å². The number of urea groups is 1. The number of piperidine rings is 1. The van der Waals surface area contributed by atoms with Gasteiger partial charge in [-0.15, -0.1) is 0 Å². The Morgan fingerprint density at radius 1 is 1.10 bits per heavy atom. The number of amides is 4. The molecular formula is C22H23FN4O3. The van der Waals surface area contributed by atoms with Crippen LogP contribution in [0.1, 0.15) is 35.8 Å². The van der Waals surface area contributed by atoms with Crippen molar-refractivity contribution in [3.8, 4) is 0 Å². The molecule has 2 aliphatic heterocycles. The summed E-state index contributed by atoms with van der Waals surface area (Å²) in [5.74, 6) is -1.00. The molecule has 1 aromatic carbocycles. The highest BCUT2D eigenvalue weighted by molar-refractivity contribution is 6.07. The molecular weight excluding hydrogens is 387 g/mol. The van der Waals surface area contributed by atoms with E-state index in [9.17, 15) is 18.8 Å². The van der Waals surface area contributed by atoms with E-state index in [1.807, 2.05) is 30.3 Å². The van der Waals surface area contributed by atoms with Gasteiger partial charge >= 0.3 is 6.03 Å². The van der Waals surface area contributed by atoms with Crippen molar-refractivity contribution in [3.05, 3.63) is 65.7 Å². The molecule has 1 spiro atoms. The topological polar surface area (TPSA) is 73.8 Å². The van der Waals surface area contributed by atoms with Crippen molar-refractivity contribution in [1.29, 1.82) is 0 Å². The van der Waals surface area contributed by atoms with E-state index in [0.29, 0.717) is 39.0 Å². The zero-order valence-corrected chi connectivity index (χ0v) is 16.8. The number of hydrogen-bond acceptors (Lipinski definition) is 4. The molecule has 4 amide bonds. The fourth-order valence-corrected chi connectivity index (χ4v) is 4.27. The monoisotopic (exact) mass is 410 g/mol. The number of imide groups is 1. The maximum atomic E-state index is 13.2. The zero-order chi connectivity index (χ0) is 21.3. The first-order chi connectivity index (χ1) is 14.5. The first-order valence-electron chi connectivity index (χ1n) is 10.0. The van der Waals surface area contributed by atoms with Crippen LogP contribution in [0.5, 0.6) is 0 Å². The van der Waals surface area contributed by atoms with Gasteiger partial charge in [-0.1, -0.05) is 30.3 Å². The van der Waals surface area contributed by atoms with Gasteiger partial charge in [0.05, 0.1) is 6.20 Å². The van der Waals surface area contributed by atoms with E-state index >= 15 is 0 Å². The Hall–Kier alpha value is -3.29. The Labute approximate surface area is 174 Å². The normalized spacial score (nSPS) is 18.4. The van der Waals surface area contributed by atoms with Crippen molar-refractivity contribution in [2.45, 2.75) is 31.8 Å². The third-order valence-corrected chi connectivity index (χ3v) is 5.95. The van der Waals surface area contributed by atoms with E-state index in [-0.39, 0.29) is 23.5 Å². The van der Waals surface area contributed by atoms with Gasteiger partial charge in [0, 0.05) is 26.2 Å². The second-order valence-electron chi connectivity index (χ2n) is 7.59. The van der Waals surface area contributed by atoms with Crippen LogP contribution in [-0.4, -0.2) is 62.7 Å². The van der Waals surface area contributed by atoms with E-state index in [4.69, 9.17) is 0 Å². The molecule has 1 aromatic heterocycles. The zero-order valence-electron chi connectivity index (χ0n) is 16.8. The molecule has 3 heterocycles. The summed E-state index contributed by atoms with van der Waals surface area (Å²) in [6.45, 7) is 3.08. The minimum Gasteiger partial charge on any atom is -0.337 e. The summed E-state index contributed by atoms with van der Waals surface area (Å²) in [5, 5.41) is 0. The number of rotatable bonds is 4. The number of carbonyl (C=O) groups is 3. The van der Waals surface area contributed by atoms with Crippen LogP contribution in [-0.2, 0) is 11.3 Å². The van der Waals surface area contributed by atoms with Crippen LogP contribution < -0.4 is 0 Å². The quantitative estimate of drug-likeness (QED) is 0.727. The van der Waals surface area contributed by atoms with Gasteiger partial charge in [-0.05, 0) is 37.5 Å². The van der Waals surface area contributed by atoms with E-state index < -0.39 is 11.4 Å². The molecule has 2 saturated heterocycles. The summed E-state index contributed by atoms with van der Waals surface area (Å²) >= 11 is 0. The maximum absolute atomic E-state index is 13.2. The highest BCUT2D eigenvalue weighted by atomic mass is 19.1. The average Bonchev–Trinajstić information content (AvgIpc) is 2.96. The smallest absolute Gasteiger partial charge is 0.327 e. The van der Waals surface area contributed by atoms with E-state index in [1.165, 1.54) is 17.0 Å². The fraction of sp³-hybridized carbons (Fsp3) is 0.364.